The van der Waals surface area contributed by atoms with Gasteiger partial charge in [0, 0.05) is 20.6 Å². The highest BCUT2D eigenvalue weighted by atomic mass is 16.7. The lowest BCUT2D eigenvalue weighted by Gasteiger charge is -2.41. The first-order chi connectivity index (χ1) is 9.51. The van der Waals surface area contributed by atoms with Gasteiger partial charge in [0.25, 0.3) is 0 Å². The van der Waals surface area contributed by atoms with Gasteiger partial charge in [-0.25, -0.2) is 0 Å². The van der Waals surface area contributed by atoms with Crippen LogP contribution in [0.1, 0.15) is 26.7 Å². The van der Waals surface area contributed by atoms with E-state index in [1.807, 2.05) is 6.92 Å². The van der Waals surface area contributed by atoms with E-state index in [1.54, 1.807) is 0 Å². The van der Waals surface area contributed by atoms with Crippen LogP contribution >= 0.6 is 0 Å². The van der Waals surface area contributed by atoms with Crippen LogP contribution in [0.3, 0.4) is 0 Å². The third kappa shape index (κ3) is 4.68. The molecule has 2 N–H and O–H groups in total. The topological polar surface area (TPSA) is 94.5 Å². The minimum Gasteiger partial charge on any atom is -0.463 e. The van der Waals surface area contributed by atoms with Crippen LogP contribution in [0.4, 0.5) is 0 Å². The summed E-state index contributed by atoms with van der Waals surface area (Å²) in [6.07, 6.45) is -2.84. The summed E-state index contributed by atoms with van der Waals surface area (Å²) in [6, 6.07) is 0. The molecular weight excluding hydrogens is 268 g/mol. The Bertz CT molecular complexity index is 296. The van der Waals surface area contributed by atoms with Crippen LogP contribution in [-0.4, -0.2) is 67.2 Å². The van der Waals surface area contributed by atoms with Gasteiger partial charge in [-0.15, -0.1) is 0 Å². The molecular formula is C13H24O7. The van der Waals surface area contributed by atoms with Gasteiger partial charge in [0.2, 0.25) is 0 Å². The molecule has 1 aliphatic rings. The molecule has 1 aliphatic heterocycles. The molecule has 0 aromatic heterocycles. The minimum absolute atomic E-state index is 0.144. The summed E-state index contributed by atoms with van der Waals surface area (Å²) >= 11 is 0. The molecule has 0 aromatic rings. The summed E-state index contributed by atoms with van der Waals surface area (Å²) in [7, 11) is 1.42. The number of ether oxygens (including phenoxy) is 4. The van der Waals surface area contributed by atoms with Crippen molar-refractivity contribution in [3.63, 3.8) is 0 Å². The van der Waals surface area contributed by atoms with Crippen LogP contribution < -0.4 is 0 Å². The van der Waals surface area contributed by atoms with Crippen molar-refractivity contribution in [3.05, 3.63) is 0 Å². The zero-order valence-electron chi connectivity index (χ0n) is 12.2. The van der Waals surface area contributed by atoms with E-state index in [2.05, 4.69) is 0 Å². The predicted octanol–water partition coefficient (Wildman–Crippen LogP) is -0.172. The third-order valence-corrected chi connectivity index (χ3v) is 3.17. The maximum atomic E-state index is 10.8. The van der Waals surface area contributed by atoms with Gasteiger partial charge in [-0.1, -0.05) is 13.3 Å². The second-order valence-electron chi connectivity index (χ2n) is 4.75. The SMILES string of the molecule is CCCCO[C@@H]1[C@@H](OC)[C@H](O)[C@@H](COC(C)=O)O[C@@H]1O. The van der Waals surface area contributed by atoms with Crippen molar-refractivity contribution in [3.8, 4) is 0 Å². The van der Waals surface area contributed by atoms with E-state index in [4.69, 9.17) is 18.9 Å². The van der Waals surface area contributed by atoms with E-state index in [0.29, 0.717) is 6.61 Å². The first kappa shape index (κ1) is 17.3. The van der Waals surface area contributed by atoms with Crippen LogP contribution in [0.5, 0.6) is 0 Å². The fourth-order valence-electron chi connectivity index (χ4n) is 2.06. The lowest BCUT2D eigenvalue weighted by atomic mass is 9.99. The van der Waals surface area contributed by atoms with E-state index in [0.717, 1.165) is 12.8 Å². The summed E-state index contributed by atoms with van der Waals surface area (Å²) in [5.74, 6) is -0.481. The number of aliphatic hydroxyl groups is 2. The highest BCUT2D eigenvalue weighted by molar-refractivity contribution is 5.65. The van der Waals surface area contributed by atoms with Crippen molar-refractivity contribution in [1.82, 2.24) is 0 Å². The average Bonchev–Trinajstić information content (AvgIpc) is 2.40. The second-order valence-corrected chi connectivity index (χ2v) is 4.75. The van der Waals surface area contributed by atoms with Crippen molar-refractivity contribution in [2.45, 2.75) is 57.4 Å². The largest absolute Gasteiger partial charge is 0.463 e. The molecule has 1 rings (SSSR count). The Morgan fingerprint density at radius 2 is 2.00 bits per heavy atom. The van der Waals surface area contributed by atoms with E-state index < -0.39 is 36.7 Å². The molecule has 0 bridgehead atoms. The Labute approximate surface area is 118 Å². The number of carbonyl (C=O) groups is 1. The number of hydrogen-bond acceptors (Lipinski definition) is 7. The zero-order chi connectivity index (χ0) is 15.1. The van der Waals surface area contributed by atoms with Crippen LogP contribution in [0.2, 0.25) is 0 Å². The molecule has 7 heteroatoms. The fourth-order valence-corrected chi connectivity index (χ4v) is 2.06. The van der Waals surface area contributed by atoms with Crippen LogP contribution in [0.15, 0.2) is 0 Å². The molecule has 0 unspecified atom stereocenters. The lowest BCUT2D eigenvalue weighted by Crippen LogP contribution is -2.60. The quantitative estimate of drug-likeness (QED) is 0.497. The monoisotopic (exact) mass is 292 g/mol. The molecule has 0 aliphatic carbocycles. The molecule has 20 heavy (non-hydrogen) atoms. The molecule has 0 spiro atoms. The van der Waals surface area contributed by atoms with Crippen molar-refractivity contribution in [2.24, 2.45) is 0 Å². The Morgan fingerprint density at radius 3 is 2.55 bits per heavy atom. The Balaban J connectivity index is 2.61. The molecule has 1 fully saturated rings. The number of aliphatic hydroxyl groups excluding tert-OH is 2. The van der Waals surface area contributed by atoms with E-state index in [-0.39, 0.29) is 6.61 Å². The maximum Gasteiger partial charge on any atom is 0.302 e. The van der Waals surface area contributed by atoms with Gasteiger partial charge in [-0.3, -0.25) is 4.79 Å². The summed E-state index contributed by atoms with van der Waals surface area (Å²) in [5.41, 5.74) is 0. The molecule has 7 nitrogen and oxygen atoms in total. The fraction of sp³-hybridized carbons (Fsp3) is 0.923. The average molecular weight is 292 g/mol. The van der Waals surface area contributed by atoms with Crippen molar-refractivity contribution in [2.75, 3.05) is 20.3 Å². The second kappa shape index (κ2) is 8.53. The summed E-state index contributed by atoms with van der Waals surface area (Å²) < 4.78 is 20.8. The predicted molar refractivity (Wildman–Crippen MR) is 69.0 cm³/mol. The van der Waals surface area contributed by atoms with Gasteiger partial charge in [-0.05, 0) is 6.42 Å². The Morgan fingerprint density at radius 1 is 1.30 bits per heavy atom. The van der Waals surface area contributed by atoms with Crippen LogP contribution in [0.25, 0.3) is 0 Å². The molecule has 5 atom stereocenters. The van der Waals surface area contributed by atoms with Crippen molar-refractivity contribution in [1.29, 1.82) is 0 Å². The molecule has 0 saturated carbocycles. The van der Waals surface area contributed by atoms with E-state index in [9.17, 15) is 15.0 Å². The number of unbranched alkanes of at least 4 members (excludes halogenated alkanes) is 1. The van der Waals surface area contributed by atoms with Gasteiger partial charge in [0.1, 0.15) is 31.0 Å². The number of esters is 1. The molecule has 1 saturated heterocycles. The standard InChI is InChI=1S/C13H24O7/c1-4-5-6-18-12-11(17-3)10(15)9(20-13(12)16)7-19-8(2)14/h9-13,15-16H,4-7H2,1-3H3/t9-,10-,11+,12-,13+/m1/s1. The van der Waals surface area contributed by atoms with Crippen molar-refractivity contribution >= 4 is 5.97 Å². The minimum atomic E-state index is -1.24. The van der Waals surface area contributed by atoms with Gasteiger partial charge in [0.15, 0.2) is 6.29 Å². The van der Waals surface area contributed by atoms with Crippen LogP contribution in [-0.2, 0) is 23.7 Å². The first-order valence-corrected chi connectivity index (χ1v) is 6.80. The van der Waals surface area contributed by atoms with Crippen LogP contribution in [0, 0.1) is 0 Å². The molecule has 118 valence electrons. The summed E-state index contributed by atoms with van der Waals surface area (Å²) in [4.78, 5) is 10.8. The van der Waals surface area contributed by atoms with Gasteiger partial charge in [-0.2, -0.15) is 0 Å². The number of methoxy groups -OCH3 is 1. The smallest absolute Gasteiger partial charge is 0.302 e. The summed E-state index contributed by atoms with van der Waals surface area (Å²) in [5, 5.41) is 20.1. The molecule has 0 amide bonds. The number of carbonyl (C=O) groups excluding carboxylic acids is 1. The molecule has 0 aromatic carbocycles. The highest BCUT2D eigenvalue weighted by Gasteiger charge is 2.46. The Kier molecular flexibility index (Phi) is 7.39. The highest BCUT2D eigenvalue weighted by Crippen LogP contribution is 2.25. The number of rotatable bonds is 7. The first-order valence-electron chi connectivity index (χ1n) is 6.80. The van der Waals surface area contributed by atoms with E-state index in [1.165, 1.54) is 14.0 Å². The van der Waals surface area contributed by atoms with Gasteiger partial charge in [0.05, 0.1) is 0 Å². The molecule has 0 radical (unpaired) electrons. The third-order valence-electron chi connectivity index (χ3n) is 3.17. The zero-order valence-corrected chi connectivity index (χ0v) is 12.2. The number of hydrogen-bond donors (Lipinski definition) is 2. The van der Waals surface area contributed by atoms with E-state index >= 15 is 0 Å². The maximum absolute atomic E-state index is 10.8. The van der Waals surface area contributed by atoms with Gasteiger partial charge < -0.3 is 29.2 Å². The molecule has 1 heterocycles. The lowest BCUT2D eigenvalue weighted by molar-refractivity contribution is -0.300. The Hall–Kier alpha value is -0.730. The summed E-state index contributed by atoms with van der Waals surface area (Å²) in [6.45, 7) is 3.59. The normalized spacial score (nSPS) is 34.0. The van der Waals surface area contributed by atoms with Crippen molar-refractivity contribution < 1.29 is 34.0 Å². The van der Waals surface area contributed by atoms with Gasteiger partial charge >= 0.3 is 5.97 Å².